The summed E-state index contributed by atoms with van der Waals surface area (Å²) >= 11 is 0. The van der Waals surface area contributed by atoms with Gasteiger partial charge in [-0.05, 0) is 30.3 Å². The number of fused-ring (bicyclic) bond motifs is 1. The van der Waals surface area contributed by atoms with Crippen LogP contribution in [0.4, 0.5) is 5.82 Å². The number of nitrogens with one attached hydrogen (secondary N) is 2. The van der Waals surface area contributed by atoms with Gasteiger partial charge < -0.3 is 15.4 Å². The Balaban J connectivity index is 1.87. The number of hydrogen-bond donors (Lipinski definition) is 3. The number of phenolic OH excluding ortho intramolecular Hbond substituents is 1. The molecule has 0 radical (unpaired) electrons. The molecule has 6 nitrogen and oxygen atoms in total. The van der Waals surface area contributed by atoms with E-state index >= 15 is 0 Å². The van der Waals surface area contributed by atoms with E-state index in [4.69, 9.17) is 0 Å². The van der Waals surface area contributed by atoms with E-state index < -0.39 is 0 Å². The number of anilines is 1. The van der Waals surface area contributed by atoms with E-state index in [1.165, 1.54) is 6.33 Å². The van der Waals surface area contributed by atoms with Gasteiger partial charge in [-0.25, -0.2) is 9.97 Å². The molecule has 0 atom stereocenters. The molecule has 0 aliphatic rings. The van der Waals surface area contributed by atoms with Crippen LogP contribution >= 0.6 is 0 Å². The largest absolute Gasteiger partial charge is 0.508 e. The van der Waals surface area contributed by atoms with Gasteiger partial charge in [-0.3, -0.25) is 4.79 Å². The second-order valence-electron chi connectivity index (χ2n) is 6.75. The zero-order chi connectivity index (χ0) is 17.3. The molecule has 24 heavy (non-hydrogen) atoms. The molecule has 0 saturated carbocycles. The fourth-order valence-electron chi connectivity index (χ4n) is 2.45. The van der Waals surface area contributed by atoms with Crippen molar-refractivity contribution < 1.29 is 5.11 Å². The van der Waals surface area contributed by atoms with Crippen LogP contribution in [0.1, 0.15) is 32.0 Å². The van der Waals surface area contributed by atoms with Gasteiger partial charge in [0.1, 0.15) is 17.9 Å². The van der Waals surface area contributed by atoms with E-state index in [9.17, 15) is 9.90 Å². The average Bonchev–Trinajstić information content (AvgIpc) is 2.52. The summed E-state index contributed by atoms with van der Waals surface area (Å²) in [4.78, 5) is 23.6. The van der Waals surface area contributed by atoms with Crippen LogP contribution in [0, 0.1) is 0 Å². The lowest BCUT2D eigenvalue weighted by molar-refractivity contribution is 0.476. The smallest absolute Gasteiger partial charge is 0.253 e. The number of aromatic hydroxyl groups is 1. The summed E-state index contributed by atoms with van der Waals surface area (Å²) < 4.78 is 0. The van der Waals surface area contributed by atoms with Gasteiger partial charge in [0.15, 0.2) is 0 Å². The Kier molecular flexibility index (Phi) is 3.97. The maximum atomic E-state index is 12.3. The van der Waals surface area contributed by atoms with Gasteiger partial charge in [-0.2, -0.15) is 0 Å². The minimum absolute atomic E-state index is 0.106. The zero-order valence-corrected chi connectivity index (χ0v) is 13.9. The van der Waals surface area contributed by atoms with Crippen LogP contribution in [-0.2, 0) is 12.0 Å². The third kappa shape index (κ3) is 3.22. The molecule has 0 amide bonds. The Morgan fingerprint density at radius 2 is 1.96 bits per heavy atom. The molecule has 0 saturated heterocycles. The Morgan fingerprint density at radius 1 is 1.17 bits per heavy atom. The van der Waals surface area contributed by atoms with Crippen LogP contribution in [-0.4, -0.2) is 20.1 Å². The number of nitrogens with zero attached hydrogens (tertiary/aromatic N) is 2. The van der Waals surface area contributed by atoms with Crippen molar-refractivity contribution in [3.63, 3.8) is 0 Å². The fourth-order valence-corrected chi connectivity index (χ4v) is 2.45. The number of aromatic amines is 1. The van der Waals surface area contributed by atoms with Crippen LogP contribution in [0.25, 0.3) is 10.9 Å². The number of benzene rings is 1. The van der Waals surface area contributed by atoms with Crippen LogP contribution in [0.5, 0.6) is 5.75 Å². The van der Waals surface area contributed by atoms with Crippen molar-refractivity contribution in [3.8, 4) is 5.75 Å². The fraction of sp³-hybridized carbons (Fsp3) is 0.278. The number of aromatic nitrogens is 3. The van der Waals surface area contributed by atoms with Crippen molar-refractivity contribution >= 4 is 16.7 Å². The third-order valence-electron chi connectivity index (χ3n) is 3.86. The van der Waals surface area contributed by atoms with E-state index in [1.807, 2.05) is 12.1 Å². The molecule has 124 valence electrons. The number of H-pyrrole nitrogens is 1. The third-order valence-corrected chi connectivity index (χ3v) is 3.86. The van der Waals surface area contributed by atoms with Crippen molar-refractivity contribution in [1.29, 1.82) is 0 Å². The summed E-state index contributed by atoms with van der Waals surface area (Å²) in [5.41, 5.74) is 2.02. The monoisotopic (exact) mass is 324 g/mol. The molecule has 3 N–H and O–H groups in total. The molecule has 1 aromatic carbocycles. The number of phenols is 1. The highest BCUT2D eigenvalue weighted by Crippen LogP contribution is 2.24. The van der Waals surface area contributed by atoms with Crippen LogP contribution in [0.2, 0.25) is 0 Å². The van der Waals surface area contributed by atoms with Gasteiger partial charge in [0.2, 0.25) is 0 Å². The first kappa shape index (κ1) is 16.0. The van der Waals surface area contributed by atoms with E-state index in [0.717, 1.165) is 11.2 Å². The van der Waals surface area contributed by atoms with Crippen molar-refractivity contribution in [1.82, 2.24) is 15.0 Å². The quantitative estimate of drug-likeness (QED) is 0.689. The predicted octanol–water partition coefficient (Wildman–Crippen LogP) is 2.93. The topological polar surface area (TPSA) is 90.9 Å². The second-order valence-corrected chi connectivity index (χ2v) is 6.75. The summed E-state index contributed by atoms with van der Waals surface area (Å²) in [5, 5.41) is 13.5. The van der Waals surface area contributed by atoms with Gasteiger partial charge in [-0.1, -0.05) is 20.8 Å². The Bertz CT molecular complexity index is 942. The van der Waals surface area contributed by atoms with E-state index in [-0.39, 0.29) is 16.7 Å². The summed E-state index contributed by atoms with van der Waals surface area (Å²) in [7, 11) is 0. The predicted molar refractivity (Wildman–Crippen MR) is 94.3 cm³/mol. The molecule has 0 unspecified atom stereocenters. The molecule has 2 aromatic heterocycles. The van der Waals surface area contributed by atoms with Crippen molar-refractivity contribution in [2.24, 2.45) is 0 Å². The highest BCUT2D eigenvalue weighted by atomic mass is 16.3. The summed E-state index contributed by atoms with van der Waals surface area (Å²) in [6, 6.07) is 8.66. The molecule has 0 aliphatic heterocycles. The number of pyridine rings is 1. The summed E-state index contributed by atoms with van der Waals surface area (Å²) in [6.07, 6.45) is 1.45. The Morgan fingerprint density at radius 3 is 2.67 bits per heavy atom. The van der Waals surface area contributed by atoms with E-state index in [1.54, 1.807) is 18.2 Å². The number of rotatable bonds is 3. The standard InChI is InChI=1S/C18H20N4O2/c1-18(2,3)15-7-4-11(17(24)22-15)9-19-16-13-8-12(23)5-6-14(13)20-10-21-16/h4-8,10,23H,9H2,1-3H3,(H,22,24)(H,19,20,21). The lowest BCUT2D eigenvalue weighted by atomic mass is 9.91. The molecule has 0 fully saturated rings. The molecule has 0 aliphatic carbocycles. The Hall–Kier alpha value is -2.89. The highest BCUT2D eigenvalue weighted by molar-refractivity contribution is 5.89. The molecular weight excluding hydrogens is 304 g/mol. The van der Waals surface area contributed by atoms with Crippen molar-refractivity contribution in [2.45, 2.75) is 32.7 Å². The van der Waals surface area contributed by atoms with Gasteiger partial charge in [-0.15, -0.1) is 0 Å². The average molecular weight is 324 g/mol. The van der Waals surface area contributed by atoms with Crippen molar-refractivity contribution in [2.75, 3.05) is 5.32 Å². The second kappa shape index (κ2) is 5.96. The molecule has 3 rings (SSSR count). The van der Waals surface area contributed by atoms with Crippen molar-refractivity contribution in [3.05, 3.63) is 58.3 Å². The van der Waals surface area contributed by atoms with Crippen LogP contribution in [0.3, 0.4) is 0 Å². The maximum absolute atomic E-state index is 12.3. The SMILES string of the molecule is CC(C)(C)c1ccc(CNc2ncnc3ccc(O)cc23)c(=O)[nH]1. The van der Waals surface area contributed by atoms with Gasteiger partial charge in [0.05, 0.1) is 5.52 Å². The van der Waals surface area contributed by atoms with E-state index in [0.29, 0.717) is 23.3 Å². The lowest BCUT2D eigenvalue weighted by Gasteiger charge is -2.18. The molecule has 0 spiro atoms. The van der Waals surface area contributed by atoms with Gasteiger partial charge in [0, 0.05) is 28.6 Å². The summed E-state index contributed by atoms with van der Waals surface area (Å²) in [6.45, 7) is 6.49. The lowest BCUT2D eigenvalue weighted by Crippen LogP contribution is -2.23. The molecule has 3 aromatic rings. The minimum Gasteiger partial charge on any atom is -0.508 e. The van der Waals surface area contributed by atoms with Gasteiger partial charge in [0.25, 0.3) is 5.56 Å². The first-order valence-electron chi connectivity index (χ1n) is 7.75. The highest BCUT2D eigenvalue weighted by Gasteiger charge is 2.15. The molecular formula is C18H20N4O2. The first-order chi connectivity index (χ1) is 11.3. The Labute approximate surface area is 139 Å². The van der Waals surface area contributed by atoms with E-state index in [2.05, 4.69) is 41.0 Å². The first-order valence-corrected chi connectivity index (χ1v) is 7.75. The zero-order valence-electron chi connectivity index (χ0n) is 13.9. The maximum Gasteiger partial charge on any atom is 0.253 e. The normalized spacial score (nSPS) is 11.6. The molecule has 6 heteroatoms. The molecule has 0 bridgehead atoms. The number of hydrogen-bond acceptors (Lipinski definition) is 5. The van der Waals surface area contributed by atoms with Crippen LogP contribution in [0.15, 0.2) is 41.5 Å². The van der Waals surface area contributed by atoms with Crippen LogP contribution < -0.4 is 10.9 Å². The molecule has 2 heterocycles. The summed E-state index contributed by atoms with van der Waals surface area (Å²) in [5.74, 6) is 0.725. The minimum atomic E-state index is -0.115. The van der Waals surface area contributed by atoms with Gasteiger partial charge >= 0.3 is 0 Å².